The zero-order chi connectivity index (χ0) is 15.4. The Balaban J connectivity index is 2.06. The van der Waals surface area contributed by atoms with Crippen molar-refractivity contribution in [3.8, 4) is 0 Å². The van der Waals surface area contributed by atoms with Crippen LogP contribution < -0.4 is 5.32 Å². The van der Waals surface area contributed by atoms with Gasteiger partial charge in [-0.15, -0.1) is 0 Å². The summed E-state index contributed by atoms with van der Waals surface area (Å²) in [6.07, 6.45) is 0.679. The fourth-order valence-electron chi connectivity index (χ4n) is 2.36. The maximum absolute atomic E-state index is 12.2. The van der Waals surface area contributed by atoms with Gasteiger partial charge in [0.05, 0.1) is 0 Å². The standard InChI is InChI=1S/C15H18N2O4/c1-17-8-7-11(9-12(17)18)14(19)16-13(15(20)21)10-5-3-2-4-6-10/h2-6,11,13H,7-9H2,1H3,(H,16,19)(H,20,21)/t11-,13+/m1/s1. The molecule has 1 heterocycles. The SMILES string of the molecule is CN1CC[C@@H](C(=O)N[C@H](C(=O)O)c2ccccc2)CC1=O. The van der Waals surface area contributed by atoms with Crippen LogP contribution in [0.25, 0.3) is 0 Å². The Bertz CT molecular complexity index is 544. The molecule has 21 heavy (non-hydrogen) atoms. The van der Waals surface area contributed by atoms with Crippen LogP contribution in [0.5, 0.6) is 0 Å². The molecule has 0 aromatic heterocycles. The van der Waals surface area contributed by atoms with E-state index >= 15 is 0 Å². The van der Waals surface area contributed by atoms with Crippen LogP contribution in [0.4, 0.5) is 0 Å². The molecule has 0 saturated carbocycles. The number of amides is 2. The van der Waals surface area contributed by atoms with Crippen LogP contribution in [0.15, 0.2) is 30.3 Å². The summed E-state index contributed by atoms with van der Waals surface area (Å²) < 4.78 is 0. The summed E-state index contributed by atoms with van der Waals surface area (Å²) in [7, 11) is 1.69. The first kappa shape index (κ1) is 15.0. The summed E-state index contributed by atoms with van der Waals surface area (Å²) in [6.45, 7) is 0.514. The molecule has 6 nitrogen and oxygen atoms in total. The topological polar surface area (TPSA) is 86.7 Å². The number of hydrogen-bond donors (Lipinski definition) is 2. The number of piperidine rings is 1. The van der Waals surface area contributed by atoms with Gasteiger partial charge in [-0.1, -0.05) is 30.3 Å². The van der Waals surface area contributed by atoms with E-state index in [2.05, 4.69) is 5.32 Å². The lowest BCUT2D eigenvalue weighted by molar-refractivity contribution is -0.144. The van der Waals surface area contributed by atoms with Crippen molar-refractivity contribution in [1.82, 2.24) is 10.2 Å². The number of hydrogen-bond acceptors (Lipinski definition) is 3. The third-order valence-electron chi connectivity index (χ3n) is 3.70. The second kappa shape index (κ2) is 6.39. The van der Waals surface area contributed by atoms with Crippen molar-refractivity contribution in [3.05, 3.63) is 35.9 Å². The molecular formula is C15H18N2O4. The van der Waals surface area contributed by atoms with Gasteiger partial charge in [0.15, 0.2) is 6.04 Å². The van der Waals surface area contributed by atoms with Gasteiger partial charge in [-0.2, -0.15) is 0 Å². The molecule has 0 unspecified atom stereocenters. The van der Waals surface area contributed by atoms with E-state index in [1.807, 2.05) is 0 Å². The lowest BCUT2D eigenvalue weighted by Gasteiger charge is -2.28. The number of rotatable bonds is 4. The van der Waals surface area contributed by atoms with Gasteiger partial charge in [0.2, 0.25) is 11.8 Å². The highest BCUT2D eigenvalue weighted by molar-refractivity contribution is 5.89. The van der Waals surface area contributed by atoms with Crippen LogP contribution in [0.2, 0.25) is 0 Å². The van der Waals surface area contributed by atoms with Gasteiger partial charge in [0, 0.05) is 25.9 Å². The fourth-order valence-corrected chi connectivity index (χ4v) is 2.36. The smallest absolute Gasteiger partial charge is 0.330 e. The van der Waals surface area contributed by atoms with Gasteiger partial charge in [-0.05, 0) is 12.0 Å². The van der Waals surface area contributed by atoms with Gasteiger partial charge in [0.25, 0.3) is 0 Å². The van der Waals surface area contributed by atoms with E-state index in [-0.39, 0.29) is 18.2 Å². The van der Waals surface area contributed by atoms with Crippen LogP contribution in [-0.4, -0.2) is 41.4 Å². The molecule has 1 aliphatic heterocycles. The maximum Gasteiger partial charge on any atom is 0.330 e. The maximum atomic E-state index is 12.2. The van der Waals surface area contributed by atoms with Gasteiger partial charge < -0.3 is 15.3 Å². The predicted molar refractivity (Wildman–Crippen MR) is 75.3 cm³/mol. The molecule has 6 heteroatoms. The van der Waals surface area contributed by atoms with Crippen molar-refractivity contribution in [2.24, 2.45) is 5.92 Å². The molecule has 2 atom stereocenters. The fraction of sp³-hybridized carbons (Fsp3) is 0.400. The third kappa shape index (κ3) is 3.59. The van der Waals surface area contributed by atoms with Crippen LogP contribution in [-0.2, 0) is 14.4 Å². The molecule has 0 radical (unpaired) electrons. The lowest BCUT2D eigenvalue weighted by Crippen LogP contribution is -2.44. The molecule has 1 fully saturated rings. The normalized spacial score (nSPS) is 20.0. The third-order valence-corrected chi connectivity index (χ3v) is 3.70. The molecule has 0 spiro atoms. The minimum absolute atomic E-state index is 0.0898. The molecule has 112 valence electrons. The van der Waals surface area contributed by atoms with Crippen LogP contribution in [0, 0.1) is 5.92 Å². The summed E-state index contributed by atoms with van der Waals surface area (Å²) in [5.74, 6) is -2.05. The van der Waals surface area contributed by atoms with E-state index in [1.165, 1.54) is 0 Å². The monoisotopic (exact) mass is 290 g/mol. The largest absolute Gasteiger partial charge is 0.479 e. The lowest BCUT2D eigenvalue weighted by atomic mass is 9.95. The van der Waals surface area contributed by atoms with Crippen molar-refractivity contribution in [2.45, 2.75) is 18.9 Å². The highest BCUT2D eigenvalue weighted by Gasteiger charge is 2.31. The zero-order valence-electron chi connectivity index (χ0n) is 11.8. The van der Waals surface area contributed by atoms with Crippen molar-refractivity contribution >= 4 is 17.8 Å². The van der Waals surface area contributed by atoms with Crippen LogP contribution in [0.3, 0.4) is 0 Å². The van der Waals surface area contributed by atoms with Crippen molar-refractivity contribution in [3.63, 3.8) is 0 Å². The average molecular weight is 290 g/mol. The number of carboxylic acid groups (broad SMARTS) is 1. The summed E-state index contributed by atoms with van der Waals surface area (Å²) in [5, 5.41) is 11.8. The van der Waals surface area contributed by atoms with Crippen LogP contribution in [0.1, 0.15) is 24.4 Å². The van der Waals surface area contributed by atoms with E-state index in [1.54, 1.807) is 42.3 Å². The summed E-state index contributed by atoms with van der Waals surface area (Å²) in [4.78, 5) is 36.7. The number of nitrogens with one attached hydrogen (secondary N) is 1. The number of nitrogens with zero attached hydrogens (tertiary/aromatic N) is 1. The molecule has 1 aromatic carbocycles. The van der Waals surface area contributed by atoms with Gasteiger partial charge in [-0.3, -0.25) is 9.59 Å². The summed E-state index contributed by atoms with van der Waals surface area (Å²) >= 11 is 0. The minimum Gasteiger partial charge on any atom is -0.479 e. The molecule has 1 saturated heterocycles. The number of carbonyl (C=O) groups excluding carboxylic acids is 2. The van der Waals surface area contributed by atoms with E-state index in [0.717, 1.165) is 0 Å². The highest BCUT2D eigenvalue weighted by atomic mass is 16.4. The Morgan fingerprint density at radius 1 is 1.33 bits per heavy atom. The molecule has 0 aliphatic carbocycles. The second-order valence-corrected chi connectivity index (χ2v) is 5.20. The molecule has 1 aliphatic rings. The van der Waals surface area contributed by atoms with Crippen molar-refractivity contribution in [1.29, 1.82) is 0 Å². The van der Waals surface area contributed by atoms with E-state index in [4.69, 9.17) is 0 Å². The Morgan fingerprint density at radius 3 is 2.57 bits per heavy atom. The Kier molecular flexibility index (Phi) is 4.57. The Morgan fingerprint density at radius 2 is 2.00 bits per heavy atom. The van der Waals surface area contributed by atoms with Gasteiger partial charge in [0.1, 0.15) is 0 Å². The Hall–Kier alpha value is -2.37. The summed E-state index contributed by atoms with van der Waals surface area (Å²) in [5.41, 5.74) is 0.512. The zero-order valence-corrected chi connectivity index (χ0v) is 11.8. The predicted octanol–water partition coefficient (Wildman–Crippen LogP) is 0.797. The second-order valence-electron chi connectivity index (χ2n) is 5.20. The molecule has 2 rings (SSSR count). The number of carbonyl (C=O) groups is 3. The molecule has 0 bridgehead atoms. The van der Waals surface area contributed by atoms with E-state index in [9.17, 15) is 19.5 Å². The highest BCUT2D eigenvalue weighted by Crippen LogP contribution is 2.20. The molecule has 2 amide bonds. The summed E-state index contributed by atoms with van der Waals surface area (Å²) in [6, 6.07) is 7.43. The van der Waals surface area contributed by atoms with Gasteiger partial charge >= 0.3 is 5.97 Å². The molecule has 1 aromatic rings. The number of likely N-dealkylation sites (tertiary alicyclic amines) is 1. The minimum atomic E-state index is -1.12. The first-order chi connectivity index (χ1) is 9.99. The van der Waals surface area contributed by atoms with Crippen molar-refractivity contribution in [2.75, 3.05) is 13.6 Å². The first-order valence-electron chi connectivity index (χ1n) is 6.81. The van der Waals surface area contributed by atoms with E-state index in [0.29, 0.717) is 18.5 Å². The number of benzene rings is 1. The van der Waals surface area contributed by atoms with E-state index < -0.39 is 17.9 Å². The Labute approximate surface area is 122 Å². The van der Waals surface area contributed by atoms with Gasteiger partial charge in [-0.25, -0.2) is 4.79 Å². The number of carboxylic acids is 1. The molecule has 2 N–H and O–H groups in total. The average Bonchev–Trinajstić information content (AvgIpc) is 2.48. The quantitative estimate of drug-likeness (QED) is 0.858. The van der Waals surface area contributed by atoms with Crippen LogP contribution >= 0.6 is 0 Å². The number of aliphatic carboxylic acids is 1. The van der Waals surface area contributed by atoms with Crippen molar-refractivity contribution < 1.29 is 19.5 Å². The first-order valence-corrected chi connectivity index (χ1v) is 6.81. The molecular weight excluding hydrogens is 272 g/mol.